The van der Waals surface area contributed by atoms with Crippen molar-refractivity contribution in [3.05, 3.63) is 66.4 Å². The molecule has 9 heteroatoms. The Morgan fingerprint density at radius 2 is 1.68 bits per heavy atom. The Bertz CT molecular complexity index is 1450. The number of rotatable bonds is 6. The number of nitrogen functional groups attached to an aromatic ring is 1. The van der Waals surface area contributed by atoms with Gasteiger partial charge in [0.25, 0.3) is 0 Å². The van der Waals surface area contributed by atoms with Crippen LogP contribution in [0.1, 0.15) is 26.3 Å². The van der Waals surface area contributed by atoms with Gasteiger partial charge in [-0.3, -0.25) is 0 Å². The molecule has 192 valence electrons. The highest BCUT2D eigenvalue weighted by molar-refractivity contribution is 7.64. The zero-order chi connectivity index (χ0) is 26.7. The second kappa shape index (κ2) is 10.6. The maximum Gasteiger partial charge on any atom is 0.323 e. The number of carbonyl (C=O) groups is 1. The number of nitrogens with two attached hydrogens (primary N) is 1. The Hall–Kier alpha value is -3.90. The summed E-state index contributed by atoms with van der Waals surface area (Å²) < 4.78 is 11.7. The fraction of sp³-hybridized carbons (Fsp3) is 0.250. The van der Waals surface area contributed by atoms with Crippen LogP contribution in [-0.2, 0) is 5.41 Å². The van der Waals surface area contributed by atoms with Crippen LogP contribution in [0.4, 0.5) is 22.1 Å². The van der Waals surface area contributed by atoms with Crippen LogP contribution in [0.3, 0.4) is 0 Å². The van der Waals surface area contributed by atoms with E-state index in [4.69, 9.17) is 15.2 Å². The van der Waals surface area contributed by atoms with Gasteiger partial charge in [-0.05, 0) is 48.6 Å². The molecule has 1 heterocycles. The van der Waals surface area contributed by atoms with Crippen molar-refractivity contribution in [3.8, 4) is 17.4 Å². The average Bonchev–Trinajstić information content (AvgIpc) is 2.84. The van der Waals surface area contributed by atoms with Crippen molar-refractivity contribution in [2.75, 3.05) is 36.8 Å². The monoisotopic (exact) mass is 517 g/mol. The van der Waals surface area contributed by atoms with Crippen LogP contribution >= 0.6 is 7.92 Å². The van der Waals surface area contributed by atoms with Crippen LogP contribution in [0.25, 0.3) is 10.8 Å². The lowest BCUT2D eigenvalue weighted by Gasteiger charge is -2.25. The van der Waals surface area contributed by atoms with Gasteiger partial charge in [0.15, 0.2) is 0 Å². The SMILES string of the molecule is COc1c(NC(=O)Nc2ccc(Oc3ccnc(N)n3)c3ccccc23)cc(C(C)(C)C)cc1P(C)C. The summed E-state index contributed by atoms with van der Waals surface area (Å²) in [6, 6.07) is 16.7. The lowest BCUT2D eigenvalue weighted by atomic mass is 9.86. The molecule has 0 atom stereocenters. The molecule has 4 rings (SSSR count). The largest absolute Gasteiger partial charge is 0.494 e. The summed E-state index contributed by atoms with van der Waals surface area (Å²) in [4.78, 5) is 21.2. The Kier molecular flexibility index (Phi) is 7.50. The Balaban J connectivity index is 1.65. The van der Waals surface area contributed by atoms with E-state index in [0.717, 1.165) is 21.6 Å². The molecule has 0 radical (unpaired) electrons. The van der Waals surface area contributed by atoms with Gasteiger partial charge >= 0.3 is 6.03 Å². The third kappa shape index (κ3) is 5.92. The summed E-state index contributed by atoms with van der Waals surface area (Å²) in [5, 5.41) is 8.75. The first-order chi connectivity index (χ1) is 17.6. The molecule has 0 aliphatic rings. The molecule has 8 nitrogen and oxygen atoms in total. The van der Waals surface area contributed by atoms with Crippen molar-refractivity contribution < 1.29 is 14.3 Å². The van der Waals surface area contributed by atoms with Crippen LogP contribution in [0.15, 0.2) is 60.8 Å². The van der Waals surface area contributed by atoms with E-state index in [-0.39, 0.29) is 17.4 Å². The molecule has 1 aromatic heterocycles. The molecule has 0 saturated heterocycles. The number of fused-ring (bicyclic) bond motifs is 1. The highest BCUT2D eigenvalue weighted by Gasteiger charge is 2.22. The first-order valence-electron chi connectivity index (χ1n) is 11.8. The van der Waals surface area contributed by atoms with Crippen LogP contribution < -0.4 is 31.1 Å². The summed E-state index contributed by atoms with van der Waals surface area (Å²) in [6.07, 6.45) is 1.54. The van der Waals surface area contributed by atoms with E-state index >= 15 is 0 Å². The summed E-state index contributed by atoms with van der Waals surface area (Å²) >= 11 is 0. The van der Waals surface area contributed by atoms with E-state index < -0.39 is 7.92 Å². The lowest BCUT2D eigenvalue weighted by Crippen LogP contribution is -2.23. The molecule has 0 aliphatic carbocycles. The van der Waals surface area contributed by atoms with Gasteiger partial charge in [-0.2, -0.15) is 4.98 Å². The minimum atomic E-state index is -0.453. The first-order valence-corrected chi connectivity index (χ1v) is 14.1. The lowest BCUT2D eigenvalue weighted by molar-refractivity contribution is 0.262. The number of benzene rings is 3. The molecule has 0 unspecified atom stereocenters. The van der Waals surface area contributed by atoms with Crippen molar-refractivity contribution in [1.29, 1.82) is 0 Å². The quantitative estimate of drug-likeness (QED) is 0.258. The molecule has 37 heavy (non-hydrogen) atoms. The fourth-order valence-electron chi connectivity index (χ4n) is 3.96. The zero-order valence-electron chi connectivity index (χ0n) is 21.9. The number of urea groups is 1. The van der Waals surface area contributed by atoms with Crippen molar-refractivity contribution in [2.24, 2.45) is 0 Å². The number of carbonyl (C=O) groups excluding carboxylic acids is 1. The van der Waals surface area contributed by atoms with Crippen molar-refractivity contribution in [3.63, 3.8) is 0 Å². The van der Waals surface area contributed by atoms with E-state index in [2.05, 4.69) is 60.8 Å². The smallest absolute Gasteiger partial charge is 0.323 e. The normalized spacial score (nSPS) is 11.4. The number of ether oxygens (including phenoxy) is 2. The third-order valence-corrected chi connectivity index (χ3v) is 7.16. The minimum Gasteiger partial charge on any atom is -0.494 e. The van der Waals surface area contributed by atoms with Gasteiger partial charge in [0, 0.05) is 28.3 Å². The molecule has 0 saturated carbocycles. The van der Waals surface area contributed by atoms with Crippen molar-refractivity contribution in [1.82, 2.24) is 9.97 Å². The first kappa shape index (κ1) is 26.2. The summed E-state index contributed by atoms with van der Waals surface area (Å²) in [5.41, 5.74) is 8.01. The van der Waals surface area contributed by atoms with Crippen molar-refractivity contribution >= 4 is 47.4 Å². The average molecular weight is 518 g/mol. The van der Waals surface area contributed by atoms with Gasteiger partial charge in [0.05, 0.1) is 18.5 Å². The Labute approximate surface area is 218 Å². The molecular weight excluding hydrogens is 485 g/mol. The maximum atomic E-state index is 13.2. The summed E-state index contributed by atoms with van der Waals surface area (Å²) in [6.45, 7) is 10.8. The van der Waals surface area contributed by atoms with Gasteiger partial charge in [0.2, 0.25) is 11.8 Å². The highest BCUT2D eigenvalue weighted by Crippen LogP contribution is 2.38. The topological polar surface area (TPSA) is 111 Å². The zero-order valence-corrected chi connectivity index (χ0v) is 22.8. The van der Waals surface area contributed by atoms with E-state index in [9.17, 15) is 4.79 Å². The van der Waals surface area contributed by atoms with Crippen LogP contribution in [0.2, 0.25) is 0 Å². The summed E-state index contributed by atoms with van der Waals surface area (Å²) in [5.74, 6) is 1.74. The van der Waals surface area contributed by atoms with E-state index in [1.165, 1.54) is 6.20 Å². The van der Waals surface area contributed by atoms with E-state index in [1.807, 2.05) is 30.3 Å². The molecule has 4 aromatic rings. The second-order valence-electron chi connectivity index (χ2n) is 9.81. The number of nitrogens with zero attached hydrogens (tertiary/aromatic N) is 2. The second-order valence-corrected chi connectivity index (χ2v) is 12.1. The molecule has 0 aliphatic heterocycles. The van der Waals surface area contributed by atoms with Gasteiger partial charge in [-0.25, -0.2) is 9.78 Å². The number of methoxy groups -OCH3 is 1. The standard InChI is InChI=1S/C28H32N5O3P/c1-28(2,3)17-15-21(25(35-4)23(16-17)37(5)6)32-27(34)31-20-11-12-22(19-10-8-7-9-18(19)20)36-24-13-14-30-26(29)33-24/h7-16H,1-6H3,(H2,29,30,33)(H2,31,32,34). The maximum absolute atomic E-state index is 13.2. The molecular formula is C28H32N5O3P. The Morgan fingerprint density at radius 1 is 0.973 bits per heavy atom. The fourth-order valence-corrected chi connectivity index (χ4v) is 4.97. The number of hydrogen-bond donors (Lipinski definition) is 3. The number of nitrogens with one attached hydrogen (secondary N) is 2. The van der Waals surface area contributed by atoms with Crippen LogP contribution in [-0.4, -0.2) is 36.4 Å². The summed E-state index contributed by atoms with van der Waals surface area (Å²) in [7, 11) is 1.18. The number of hydrogen-bond acceptors (Lipinski definition) is 6. The minimum absolute atomic E-state index is 0.0837. The van der Waals surface area contributed by atoms with E-state index in [1.54, 1.807) is 25.3 Å². The molecule has 0 bridgehead atoms. The Morgan fingerprint density at radius 3 is 2.32 bits per heavy atom. The number of amides is 2. The predicted octanol–water partition coefficient (Wildman–Crippen LogP) is 6.32. The van der Waals surface area contributed by atoms with Gasteiger partial charge in [-0.15, -0.1) is 0 Å². The number of aromatic nitrogens is 2. The van der Waals surface area contributed by atoms with Gasteiger partial charge in [0.1, 0.15) is 11.5 Å². The highest BCUT2D eigenvalue weighted by atomic mass is 31.1. The van der Waals surface area contributed by atoms with Crippen molar-refractivity contribution in [2.45, 2.75) is 26.2 Å². The van der Waals surface area contributed by atoms with Crippen LogP contribution in [0, 0.1) is 0 Å². The van der Waals surface area contributed by atoms with E-state index in [0.29, 0.717) is 28.8 Å². The molecule has 2 amide bonds. The third-order valence-electron chi connectivity index (χ3n) is 5.86. The number of anilines is 3. The molecule has 4 N–H and O–H groups in total. The molecule has 0 fully saturated rings. The van der Waals surface area contributed by atoms with Gasteiger partial charge in [-0.1, -0.05) is 53.0 Å². The van der Waals surface area contributed by atoms with Gasteiger partial charge < -0.3 is 25.8 Å². The molecule has 3 aromatic carbocycles. The van der Waals surface area contributed by atoms with Crippen LogP contribution in [0.5, 0.6) is 17.4 Å². The molecule has 0 spiro atoms. The predicted molar refractivity (Wildman–Crippen MR) is 153 cm³/mol.